The zero-order chi connectivity index (χ0) is 38.7. The zero-order valence-corrected chi connectivity index (χ0v) is 32.2. The smallest absolute Gasteiger partial charge is 0.0754 e. The van der Waals surface area contributed by atoms with Crippen LogP contribution in [0.2, 0.25) is 0 Å². The Hall–Kier alpha value is -7.68. The Kier molecular flexibility index (Phi) is 6.68. The first-order valence-electron chi connectivity index (χ1n) is 20.5. The third kappa shape index (κ3) is 4.46. The van der Waals surface area contributed by atoms with Gasteiger partial charge in [-0.3, -0.25) is 0 Å². The predicted octanol–water partition coefficient (Wildman–Crippen LogP) is 14.9. The van der Waals surface area contributed by atoms with E-state index >= 15 is 0 Å². The quantitative estimate of drug-likeness (QED) is 0.174. The number of benzene rings is 10. The lowest BCUT2D eigenvalue weighted by Crippen LogP contribution is -2.33. The van der Waals surface area contributed by atoms with Crippen molar-refractivity contribution in [3.63, 3.8) is 0 Å². The lowest BCUT2D eigenvalue weighted by Gasteiger charge is -2.39. The highest BCUT2D eigenvalue weighted by Crippen LogP contribution is 2.61. The third-order valence-electron chi connectivity index (χ3n) is 13.1. The summed E-state index contributed by atoms with van der Waals surface area (Å²) in [6.45, 7) is 0. The van der Waals surface area contributed by atoms with Crippen LogP contribution < -0.4 is 4.90 Å². The van der Waals surface area contributed by atoms with Gasteiger partial charge in [0.05, 0.1) is 22.1 Å². The van der Waals surface area contributed by atoms with Gasteiger partial charge in [0.15, 0.2) is 0 Å². The van der Waals surface area contributed by atoms with Crippen molar-refractivity contribution in [2.45, 2.75) is 5.41 Å². The van der Waals surface area contributed by atoms with Gasteiger partial charge >= 0.3 is 0 Å². The minimum absolute atomic E-state index is 0.463. The molecular formula is C57H36N2. The lowest BCUT2D eigenvalue weighted by atomic mass is 9.65. The first kappa shape index (κ1) is 32.4. The molecule has 274 valence electrons. The molecule has 1 aliphatic heterocycles. The lowest BCUT2D eigenvalue weighted by molar-refractivity contribution is 0.748. The van der Waals surface area contributed by atoms with Gasteiger partial charge in [0.1, 0.15) is 0 Å². The summed E-state index contributed by atoms with van der Waals surface area (Å²) in [4.78, 5) is 2.40. The van der Waals surface area contributed by atoms with Crippen molar-refractivity contribution < 1.29 is 0 Å². The fourth-order valence-corrected chi connectivity index (χ4v) is 10.6. The van der Waals surface area contributed by atoms with Crippen molar-refractivity contribution in [1.82, 2.24) is 4.57 Å². The molecule has 1 spiro atoms. The van der Waals surface area contributed by atoms with Crippen molar-refractivity contribution in [3.05, 3.63) is 241 Å². The first-order valence-corrected chi connectivity index (χ1v) is 20.5. The van der Waals surface area contributed by atoms with E-state index in [-0.39, 0.29) is 0 Å². The second-order valence-electron chi connectivity index (χ2n) is 16.1. The maximum atomic E-state index is 2.51. The van der Waals surface area contributed by atoms with Crippen LogP contribution in [-0.2, 0) is 5.41 Å². The van der Waals surface area contributed by atoms with Gasteiger partial charge in [0, 0.05) is 27.8 Å². The van der Waals surface area contributed by atoms with Gasteiger partial charge in [-0.2, -0.15) is 0 Å². The van der Waals surface area contributed by atoms with Crippen LogP contribution in [0.15, 0.2) is 218 Å². The minimum Gasteiger partial charge on any atom is -0.310 e. The van der Waals surface area contributed by atoms with Crippen LogP contribution in [0.3, 0.4) is 0 Å². The highest BCUT2D eigenvalue weighted by Gasteiger charge is 2.50. The van der Waals surface area contributed by atoms with E-state index in [0.717, 1.165) is 17.1 Å². The highest BCUT2D eigenvalue weighted by molar-refractivity contribution is 6.13. The van der Waals surface area contributed by atoms with E-state index in [1.807, 2.05) is 0 Å². The standard InChI is InChI=1S/C57H36N2/c1-3-15-39-33-44(30-27-37(39)13-1)58(45-31-28-38-14-2-4-16-40(38)34-45)43-18-11-17-41(35-43)42-29-32-51-49(36-42)46-19-5-7-22-50(46)57(51)52-23-8-10-26-55(52)59-54-25-9-6-20-47(54)48-21-12-24-53(57)56(48)59/h1-36H. The van der Waals surface area contributed by atoms with Gasteiger partial charge in [0.2, 0.25) is 0 Å². The molecule has 1 unspecified atom stereocenters. The van der Waals surface area contributed by atoms with Crippen molar-refractivity contribution in [2.24, 2.45) is 0 Å². The van der Waals surface area contributed by atoms with E-state index in [1.165, 1.54) is 93.5 Å². The average molecular weight is 749 g/mol. The number of para-hydroxylation sites is 3. The molecule has 2 heterocycles. The first-order chi connectivity index (χ1) is 29.3. The summed E-state index contributed by atoms with van der Waals surface area (Å²) in [6, 6.07) is 81.1. The number of anilines is 3. The van der Waals surface area contributed by atoms with Crippen LogP contribution in [-0.4, -0.2) is 4.57 Å². The number of rotatable bonds is 4. The molecule has 0 fully saturated rings. The molecule has 2 aliphatic rings. The molecule has 0 saturated heterocycles. The van der Waals surface area contributed by atoms with Crippen molar-refractivity contribution >= 4 is 60.4 Å². The molecule has 0 saturated carbocycles. The topological polar surface area (TPSA) is 8.17 Å². The van der Waals surface area contributed by atoms with Crippen molar-refractivity contribution in [2.75, 3.05) is 4.90 Å². The molecule has 13 rings (SSSR count). The number of hydrogen-bond acceptors (Lipinski definition) is 1. The van der Waals surface area contributed by atoms with Crippen molar-refractivity contribution in [1.29, 1.82) is 0 Å². The molecular weight excluding hydrogens is 713 g/mol. The SMILES string of the molecule is c1cc(-c2ccc3c(c2)-c2ccccc2C32c3ccccc3-n3c4ccccc4c4cccc2c43)cc(N(c2ccc3ccccc3c2)c2ccc3ccccc3c2)c1. The fourth-order valence-electron chi connectivity index (χ4n) is 10.6. The molecule has 1 atom stereocenters. The summed E-state index contributed by atoms with van der Waals surface area (Å²) < 4.78 is 2.51. The number of fused-ring (bicyclic) bond motifs is 14. The molecule has 0 bridgehead atoms. The third-order valence-corrected chi connectivity index (χ3v) is 13.1. The monoisotopic (exact) mass is 748 g/mol. The molecule has 2 heteroatoms. The number of hydrogen-bond donors (Lipinski definition) is 0. The Morgan fingerprint density at radius 2 is 0.915 bits per heavy atom. The number of nitrogens with zero attached hydrogens (tertiary/aromatic N) is 2. The van der Waals surface area contributed by atoms with E-state index in [9.17, 15) is 0 Å². The molecule has 10 aromatic carbocycles. The van der Waals surface area contributed by atoms with Crippen LogP contribution in [0.5, 0.6) is 0 Å². The molecule has 2 nitrogen and oxygen atoms in total. The predicted molar refractivity (Wildman–Crippen MR) is 247 cm³/mol. The summed E-state index contributed by atoms with van der Waals surface area (Å²) in [7, 11) is 0. The van der Waals surface area contributed by atoms with Crippen LogP contribution in [0.25, 0.3) is 71.3 Å². The Bertz CT molecular complexity index is 3460. The van der Waals surface area contributed by atoms with E-state index in [0.29, 0.717) is 0 Å². The van der Waals surface area contributed by atoms with Crippen LogP contribution in [0.4, 0.5) is 17.1 Å². The highest BCUT2D eigenvalue weighted by atomic mass is 15.1. The van der Waals surface area contributed by atoms with Gasteiger partial charge in [-0.1, -0.05) is 164 Å². The summed E-state index contributed by atoms with van der Waals surface area (Å²) in [5.41, 5.74) is 17.0. The van der Waals surface area contributed by atoms with Gasteiger partial charge in [-0.05, 0) is 121 Å². The average Bonchev–Trinajstić information content (AvgIpc) is 3.79. The molecule has 1 aromatic heterocycles. The van der Waals surface area contributed by atoms with Gasteiger partial charge < -0.3 is 9.47 Å². The summed E-state index contributed by atoms with van der Waals surface area (Å²) in [6.07, 6.45) is 0. The Morgan fingerprint density at radius 3 is 1.71 bits per heavy atom. The summed E-state index contributed by atoms with van der Waals surface area (Å²) in [5, 5.41) is 7.50. The molecule has 0 radical (unpaired) electrons. The molecule has 1 aliphatic carbocycles. The molecule has 11 aromatic rings. The second-order valence-corrected chi connectivity index (χ2v) is 16.1. The Balaban J connectivity index is 1.02. The van der Waals surface area contributed by atoms with Crippen LogP contribution >= 0.6 is 0 Å². The summed E-state index contributed by atoms with van der Waals surface area (Å²) >= 11 is 0. The number of aromatic nitrogens is 1. The molecule has 0 amide bonds. The normalized spacial score (nSPS) is 14.8. The van der Waals surface area contributed by atoms with Gasteiger partial charge in [-0.15, -0.1) is 0 Å². The molecule has 59 heavy (non-hydrogen) atoms. The summed E-state index contributed by atoms with van der Waals surface area (Å²) in [5.74, 6) is 0. The largest absolute Gasteiger partial charge is 0.310 e. The van der Waals surface area contributed by atoms with E-state index in [4.69, 9.17) is 0 Å². The van der Waals surface area contributed by atoms with Gasteiger partial charge in [0.25, 0.3) is 0 Å². The van der Waals surface area contributed by atoms with Gasteiger partial charge in [-0.25, -0.2) is 0 Å². The fraction of sp³-hybridized carbons (Fsp3) is 0.0175. The Morgan fingerprint density at radius 1 is 0.339 bits per heavy atom. The van der Waals surface area contributed by atoms with Crippen LogP contribution in [0.1, 0.15) is 22.3 Å². The van der Waals surface area contributed by atoms with E-state index in [2.05, 4.69) is 228 Å². The Labute approximate surface area is 342 Å². The minimum atomic E-state index is -0.463. The van der Waals surface area contributed by atoms with E-state index < -0.39 is 5.41 Å². The van der Waals surface area contributed by atoms with Crippen molar-refractivity contribution in [3.8, 4) is 27.9 Å². The second kappa shape index (κ2) is 12.2. The molecule has 0 N–H and O–H groups in total. The van der Waals surface area contributed by atoms with E-state index in [1.54, 1.807) is 0 Å². The maximum Gasteiger partial charge on any atom is 0.0754 e. The maximum absolute atomic E-state index is 2.51. The zero-order valence-electron chi connectivity index (χ0n) is 32.2. The van der Waals surface area contributed by atoms with Crippen LogP contribution in [0, 0.1) is 0 Å².